The Morgan fingerprint density at radius 3 is 2.24 bits per heavy atom. The molecule has 2 aromatic rings. The summed E-state index contributed by atoms with van der Waals surface area (Å²) >= 11 is 0. The summed E-state index contributed by atoms with van der Waals surface area (Å²) in [5.74, 6) is -0.534. The minimum Gasteiger partial charge on any atom is -0.381 e. The van der Waals surface area contributed by atoms with Gasteiger partial charge in [0.25, 0.3) is 0 Å². The molecule has 0 radical (unpaired) electrons. The van der Waals surface area contributed by atoms with Gasteiger partial charge in [0, 0.05) is 17.8 Å². The lowest BCUT2D eigenvalue weighted by atomic mass is 10.1. The van der Waals surface area contributed by atoms with Crippen LogP contribution in [0.2, 0.25) is 0 Å². The predicted molar refractivity (Wildman–Crippen MR) is 69.9 cm³/mol. The fourth-order valence-electron chi connectivity index (χ4n) is 1.73. The summed E-state index contributed by atoms with van der Waals surface area (Å²) in [6, 6.07) is 10.4. The van der Waals surface area contributed by atoms with Crippen molar-refractivity contribution in [1.29, 1.82) is 5.26 Å². The molecule has 0 aliphatic rings. The zero-order valence-corrected chi connectivity index (χ0v) is 10.7. The lowest BCUT2D eigenvalue weighted by Gasteiger charge is -2.10. The zero-order chi connectivity index (χ0) is 15.5. The van der Waals surface area contributed by atoms with Crippen molar-refractivity contribution in [3.63, 3.8) is 0 Å². The molecule has 0 aromatic heterocycles. The van der Waals surface area contributed by atoms with Crippen molar-refractivity contribution in [3.8, 4) is 6.07 Å². The first-order chi connectivity index (χ1) is 9.90. The largest absolute Gasteiger partial charge is 0.416 e. The molecular formula is C15H10F4N2. The van der Waals surface area contributed by atoms with Gasteiger partial charge in [-0.2, -0.15) is 18.4 Å². The number of nitrogens with zero attached hydrogens (tertiary/aromatic N) is 1. The third-order valence-corrected chi connectivity index (χ3v) is 2.88. The van der Waals surface area contributed by atoms with Gasteiger partial charge in [0.2, 0.25) is 0 Å². The Morgan fingerprint density at radius 2 is 1.71 bits per heavy atom. The summed E-state index contributed by atoms with van der Waals surface area (Å²) < 4.78 is 50.8. The Labute approximate surface area is 118 Å². The predicted octanol–water partition coefficient (Wildman–Crippen LogP) is 4.33. The molecule has 0 aliphatic carbocycles. The van der Waals surface area contributed by atoms with Crippen LogP contribution in [0.25, 0.3) is 0 Å². The monoisotopic (exact) mass is 294 g/mol. The number of halogens is 4. The number of hydrogen-bond donors (Lipinski definition) is 1. The Kier molecular flexibility index (Phi) is 4.13. The normalized spacial score (nSPS) is 11.0. The van der Waals surface area contributed by atoms with E-state index in [-0.39, 0.29) is 12.1 Å². The Balaban J connectivity index is 2.05. The number of benzene rings is 2. The van der Waals surface area contributed by atoms with Gasteiger partial charge in [0.15, 0.2) is 0 Å². The first-order valence-electron chi connectivity index (χ1n) is 6.00. The summed E-state index contributed by atoms with van der Waals surface area (Å²) in [4.78, 5) is 0. The van der Waals surface area contributed by atoms with Gasteiger partial charge in [-0.25, -0.2) is 4.39 Å². The Bertz CT molecular complexity index is 670. The second kappa shape index (κ2) is 5.83. The molecule has 0 saturated heterocycles. The molecule has 2 aromatic carbocycles. The molecule has 1 N–H and O–H groups in total. The number of hydrogen-bond acceptors (Lipinski definition) is 2. The van der Waals surface area contributed by atoms with E-state index in [0.29, 0.717) is 11.3 Å². The quantitative estimate of drug-likeness (QED) is 0.855. The maximum atomic E-state index is 13.6. The van der Waals surface area contributed by atoms with Crippen LogP contribution in [-0.2, 0) is 12.7 Å². The zero-order valence-electron chi connectivity index (χ0n) is 10.7. The number of alkyl halides is 3. The van der Waals surface area contributed by atoms with Gasteiger partial charge in [0.05, 0.1) is 17.2 Å². The van der Waals surface area contributed by atoms with Crippen LogP contribution in [-0.4, -0.2) is 0 Å². The van der Waals surface area contributed by atoms with Gasteiger partial charge in [-0.1, -0.05) is 6.07 Å². The summed E-state index contributed by atoms with van der Waals surface area (Å²) in [6.45, 7) is 0.114. The summed E-state index contributed by atoms with van der Waals surface area (Å²) in [5.41, 5.74) is 0.254. The molecule has 0 atom stereocenters. The molecular weight excluding hydrogens is 284 g/mol. The van der Waals surface area contributed by atoms with Crippen LogP contribution in [0.1, 0.15) is 16.7 Å². The average Bonchev–Trinajstić information content (AvgIpc) is 2.45. The molecule has 0 heterocycles. The lowest BCUT2D eigenvalue weighted by Crippen LogP contribution is -2.06. The molecule has 0 bridgehead atoms. The summed E-state index contributed by atoms with van der Waals surface area (Å²) in [5, 5.41) is 11.5. The van der Waals surface area contributed by atoms with E-state index in [0.717, 1.165) is 18.2 Å². The molecule has 0 fully saturated rings. The topological polar surface area (TPSA) is 35.8 Å². The molecule has 2 nitrogen and oxygen atoms in total. The standard InChI is InChI=1S/C15H10F4N2/c16-14-7-10(8-20)1-2-11(14)9-21-13-5-3-12(4-6-13)15(17,18)19/h1-7,21H,9H2. The molecule has 2 rings (SSSR count). The van der Waals surface area contributed by atoms with Gasteiger partial charge in [-0.15, -0.1) is 0 Å². The van der Waals surface area contributed by atoms with Crippen molar-refractivity contribution in [2.75, 3.05) is 5.32 Å². The number of nitrogens with one attached hydrogen (secondary N) is 1. The van der Waals surface area contributed by atoms with E-state index in [2.05, 4.69) is 5.32 Å². The highest BCUT2D eigenvalue weighted by atomic mass is 19.4. The molecule has 0 saturated carbocycles. The third-order valence-electron chi connectivity index (χ3n) is 2.88. The fraction of sp³-hybridized carbons (Fsp3) is 0.133. The Morgan fingerprint density at radius 1 is 1.05 bits per heavy atom. The van der Waals surface area contributed by atoms with Gasteiger partial charge >= 0.3 is 6.18 Å². The van der Waals surface area contributed by atoms with Gasteiger partial charge in [0.1, 0.15) is 5.82 Å². The number of rotatable bonds is 3. The fourth-order valence-corrected chi connectivity index (χ4v) is 1.73. The Hall–Kier alpha value is -2.55. The number of anilines is 1. The molecule has 6 heteroatoms. The summed E-state index contributed by atoms with van der Waals surface area (Å²) in [6.07, 6.45) is -4.38. The minimum atomic E-state index is -4.38. The average molecular weight is 294 g/mol. The van der Waals surface area contributed by atoms with Crippen molar-refractivity contribution >= 4 is 5.69 Å². The van der Waals surface area contributed by atoms with E-state index in [1.807, 2.05) is 6.07 Å². The van der Waals surface area contributed by atoms with Crippen molar-refractivity contribution in [2.45, 2.75) is 12.7 Å². The summed E-state index contributed by atoms with van der Waals surface area (Å²) in [7, 11) is 0. The highest BCUT2D eigenvalue weighted by Gasteiger charge is 2.29. The maximum Gasteiger partial charge on any atom is 0.416 e. The van der Waals surface area contributed by atoms with Crippen molar-refractivity contribution < 1.29 is 17.6 Å². The van der Waals surface area contributed by atoms with E-state index < -0.39 is 17.6 Å². The maximum absolute atomic E-state index is 13.6. The van der Waals surface area contributed by atoms with Crippen molar-refractivity contribution in [2.24, 2.45) is 0 Å². The highest BCUT2D eigenvalue weighted by Crippen LogP contribution is 2.29. The molecule has 108 valence electrons. The first-order valence-corrected chi connectivity index (χ1v) is 6.00. The third kappa shape index (κ3) is 3.72. The van der Waals surface area contributed by atoms with E-state index in [1.165, 1.54) is 24.3 Å². The SMILES string of the molecule is N#Cc1ccc(CNc2ccc(C(F)(F)F)cc2)c(F)c1. The van der Waals surface area contributed by atoms with Crippen LogP contribution in [0.3, 0.4) is 0 Å². The molecule has 21 heavy (non-hydrogen) atoms. The van der Waals surface area contributed by atoms with E-state index >= 15 is 0 Å². The smallest absolute Gasteiger partial charge is 0.381 e. The number of nitriles is 1. The van der Waals surface area contributed by atoms with Crippen LogP contribution < -0.4 is 5.32 Å². The van der Waals surface area contributed by atoms with Crippen molar-refractivity contribution in [3.05, 3.63) is 65.0 Å². The van der Waals surface area contributed by atoms with Crippen LogP contribution in [0.15, 0.2) is 42.5 Å². The molecule has 0 aliphatic heterocycles. The van der Waals surface area contributed by atoms with Gasteiger partial charge in [-0.3, -0.25) is 0 Å². The lowest BCUT2D eigenvalue weighted by molar-refractivity contribution is -0.137. The van der Waals surface area contributed by atoms with Gasteiger partial charge < -0.3 is 5.32 Å². The van der Waals surface area contributed by atoms with E-state index in [9.17, 15) is 17.6 Å². The first kappa shape index (κ1) is 14.9. The second-order valence-corrected chi connectivity index (χ2v) is 4.35. The van der Waals surface area contributed by atoms with E-state index in [1.54, 1.807) is 0 Å². The molecule has 0 amide bonds. The van der Waals surface area contributed by atoms with Crippen LogP contribution in [0, 0.1) is 17.1 Å². The highest BCUT2D eigenvalue weighted by molar-refractivity contribution is 5.46. The van der Waals surface area contributed by atoms with Gasteiger partial charge in [-0.05, 0) is 36.4 Å². The van der Waals surface area contributed by atoms with Crippen LogP contribution >= 0.6 is 0 Å². The van der Waals surface area contributed by atoms with Crippen LogP contribution in [0.5, 0.6) is 0 Å². The molecule has 0 spiro atoms. The van der Waals surface area contributed by atoms with E-state index in [4.69, 9.17) is 5.26 Å². The minimum absolute atomic E-state index is 0.114. The van der Waals surface area contributed by atoms with Crippen molar-refractivity contribution in [1.82, 2.24) is 0 Å². The second-order valence-electron chi connectivity index (χ2n) is 4.35. The molecule has 0 unspecified atom stereocenters. The van der Waals surface area contributed by atoms with Crippen LogP contribution in [0.4, 0.5) is 23.2 Å².